The van der Waals surface area contributed by atoms with Gasteiger partial charge in [0.2, 0.25) is 5.91 Å². The number of halogens is 3. The third-order valence-electron chi connectivity index (χ3n) is 2.73. The van der Waals surface area contributed by atoms with Gasteiger partial charge in [-0.05, 0) is 40.8 Å². The molecule has 6 heteroatoms. The van der Waals surface area contributed by atoms with Crippen molar-refractivity contribution in [3.05, 3.63) is 28.2 Å². The largest absolute Gasteiger partial charge is 0.374 e. The van der Waals surface area contributed by atoms with Crippen molar-refractivity contribution in [2.45, 2.75) is 12.8 Å². The Bertz CT molecular complexity index is 464. The SMILES string of the molecule is O=C(CNc1cc(F)c(Br)cc1F)NCC1CC1. The molecule has 1 amide bonds. The molecule has 98 valence electrons. The zero-order valence-electron chi connectivity index (χ0n) is 9.60. The van der Waals surface area contributed by atoms with E-state index in [0.717, 1.165) is 25.0 Å². The molecule has 3 nitrogen and oxygen atoms in total. The normalized spacial score (nSPS) is 14.4. The number of carbonyl (C=O) groups excluding carboxylic acids is 1. The van der Waals surface area contributed by atoms with Crippen LogP contribution < -0.4 is 10.6 Å². The third-order valence-corrected chi connectivity index (χ3v) is 3.34. The molecule has 0 heterocycles. The topological polar surface area (TPSA) is 41.1 Å². The molecule has 2 rings (SSSR count). The van der Waals surface area contributed by atoms with Crippen LogP contribution in [0.3, 0.4) is 0 Å². The minimum atomic E-state index is -0.599. The van der Waals surface area contributed by atoms with Crippen LogP contribution in [0.25, 0.3) is 0 Å². The van der Waals surface area contributed by atoms with E-state index in [2.05, 4.69) is 26.6 Å². The second kappa shape index (κ2) is 5.65. The van der Waals surface area contributed by atoms with Gasteiger partial charge in [-0.1, -0.05) is 0 Å². The summed E-state index contributed by atoms with van der Waals surface area (Å²) in [6, 6.07) is 2.05. The summed E-state index contributed by atoms with van der Waals surface area (Å²) >= 11 is 2.89. The fourth-order valence-electron chi connectivity index (χ4n) is 1.48. The Morgan fingerprint density at radius 3 is 2.72 bits per heavy atom. The molecule has 0 bridgehead atoms. The van der Waals surface area contributed by atoms with Crippen LogP contribution in [0, 0.1) is 17.6 Å². The quantitative estimate of drug-likeness (QED) is 0.819. The lowest BCUT2D eigenvalue weighted by Gasteiger charge is -2.09. The van der Waals surface area contributed by atoms with Crippen LogP contribution >= 0.6 is 15.9 Å². The van der Waals surface area contributed by atoms with Crippen LogP contribution in [0.15, 0.2) is 16.6 Å². The zero-order chi connectivity index (χ0) is 13.1. The van der Waals surface area contributed by atoms with Crippen molar-refractivity contribution >= 4 is 27.5 Å². The van der Waals surface area contributed by atoms with Crippen LogP contribution in [-0.4, -0.2) is 19.0 Å². The van der Waals surface area contributed by atoms with Crippen molar-refractivity contribution in [3.8, 4) is 0 Å². The third kappa shape index (κ3) is 3.66. The highest BCUT2D eigenvalue weighted by atomic mass is 79.9. The number of anilines is 1. The van der Waals surface area contributed by atoms with Gasteiger partial charge in [-0.25, -0.2) is 8.78 Å². The Morgan fingerprint density at radius 1 is 1.33 bits per heavy atom. The van der Waals surface area contributed by atoms with Crippen molar-refractivity contribution in [1.29, 1.82) is 0 Å². The molecule has 1 aliphatic carbocycles. The second-order valence-corrected chi connectivity index (χ2v) is 5.20. The number of nitrogens with one attached hydrogen (secondary N) is 2. The van der Waals surface area contributed by atoms with E-state index in [4.69, 9.17) is 0 Å². The number of amides is 1. The molecule has 18 heavy (non-hydrogen) atoms. The Morgan fingerprint density at radius 2 is 2.06 bits per heavy atom. The van der Waals surface area contributed by atoms with Crippen LogP contribution in [0.2, 0.25) is 0 Å². The fraction of sp³-hybridized carbons (Fsp3) is 0.417. The van der Waals surface area contributed by atoms with Crippen LogP contribution in [0.1, 0.15) is 12.8 Å². The van der Waals surface area contributed by atoms with Gasteiger partial charge in [-0.2, -0.15) is 0 Å². The molecular weight excluding hydrogens is 306 g/mol. The van der Waals surface area contributed by atoms with Crippen LogP contribution in [0.4, 0.5) is 14.5 Å². The first-order valence-corrected chi connectivity index (χ1v) is 6.50. The maximum absolute atomic E-state index is 13.4. The fourth-order valence-corrected chi connectivity index (χ4v) is 1.79. The number of rotatable bonds is 5. The van der Waals surface area contributed by atoms with E-state index in [1.807, 2.05) is 0 Å². The van der Waals surface area contributed by atoms with Crippen molar-refractivity contribution < 1.29 is 13.6 Å². The maximum Gasteiger partial charge on any atom is 0.239 e. The minimum Gasteiger partial charge on any atom is -0.374 e. The summed E-state index contributed by atoms with van der Waals surface area (Å²) in [6.07, 6.45) is 2.31. The number of hydrogen-bond acceptors (Lipinski definition) is 2. The summed E-state index contributed by atoms with van der Waals surface area (Å²) < 4.78 is 26.7. The molecule has 1 aliphatic rings. The van der Waals surface area contributed by atoms with Crippen molar-refractivity contribution in [3.63, 3.8) is 0 Å². The van der Waals surface area contributed by atoms with E-state index < -0.39 is 11.6 Å². The molecule has 2 N–H and O–H groups in total. The molecule has 1 aromatic carbocycles. The molecule has 1 fully saturated rings. The summed E-state index contributed by atoms with van der Waals surface area (Å²) in [6.45, 7) is 0.600. The summed E-state index contributed by atoms with van der Waals surface area (Å²) in [5.74, 6) is -0.795. The lowest BCUT2D eigenvalue weighted by Crippen LogP contribution is -2.31. The molecule has 0 radical (unpaired) electrons. The zero-order valence-corrected chi connectivity index (χ0v) is 11.2. The van der Waals surface area contributed by atoms with E-state index in [1.54, 1.807) is 0 Å². The summed E-state index contributed by atoms with van der Waals surface area (Å²) in [4.78, 5) is 11.4. The highest BCUT2D eigenvalue weighted by Crippen LogP contribution is 2.27. The Balaban J connectivity index is 1.84. The summed E-state index contributed by atoms with van der Waals surface area (Å²) in [5, 5.41) is 5.31. The first kappa shape index (κ1) is 13.3. The summed E-state index contributed by atoms with van der Waals surface area (Å²) in [7, 11) is 0. The van der Waals surface area contributed by atoms with Crippen LogP contribution in [0.5, 0.6) is 0 Å². The lowest BCUT2D eigenvalue weighted by atomic mass is 10.3. The summed E-state index contributed by atoms with van der Waals surface area (Å²) in [5.41, 5.74) is -0.0164. The van der Waals surface area contributed by atoms with E-state index in [1.165, 1.54) is 0 Å². The minimum absolute atomic E-state index is 0.0164. The molecule has 0 unspecified atom stereocenters. The van der Waals surface area contributed by atoms with E-state index in [-0.39, 0.29) is 22.6 Å². The number of benzene rings is 1. The van der Waals surface area contributed by atoms with Crippen LogP contribution in [-0.2, 0) is 4.79 Å². The Hall–Kier alpha value is -1.17. The first-order chi connectivity index (χ1) is 8.56. The van der Waals surface area contributed by atoms with Crippen molar-refractivity contribution in [2.24, 2.45) is 5.92 Å². The highest BCUT2D eigenvalue weighted by Gasteiger charge is 2.21. The standard InChI is InChI=1S/C12H13BrF2N2O/c13-8-3-10(15)11(4-9(8)14)16-6-12(18)17-5-7-1-2-7/h3-4,7,16H,1-2,5-6H2,(H,17,18). The van der Waals surface area contributed by atoms with Gasteiger partial charge in [0, 0.05) is 12.6 Å². The van der Waals surface area contributed by atoms with Gasteiger partial charge >= 0.3 is 0 Å². The van der Waals surface area contributed by atoms with Gasteiger partial charge in [-0.3, -0.25) is 4.79 Å². The van der Waals surface area contributed by atoms with Gasteiger partial charge in [0.1, 0.15) is 11.6 Å². The van der Waals surface area contributed by atoms with E-state index >= 15 is 0 Å². The maximum atomic E-state index is 13.4. The molecule has 0 aliphatic heterocycles. The van der Waals surface area contributed by atoms with Gasteiger partial charge in [0.05, 0.1) is 16.7 Å². The van der Waals surface area contributed by atoms with E-state index in [0.29, 0.717) is 12.5 Å². The Kier molecular flexibility index (Phi) is 4.16. The van der Waals surface area contributed by atoms with Crippen molar-refractivity contribution in [1.82, 2.24) is 5.32 Å². The predicted octanol–water partition coefficient (Wildman–Crippen LogP) is 2.67. The smallest absolute Gasteiger partial charge is 0.239 e. The lowest BCUT2D eigenvalue weighted by molar-refractivity contribution is -0.119. The predicted molar refractivity (Wildman–Crippen MR) is 68.3 cm³/mol. The second-order valence-electron chi connectivity index (χ2n) is 4.35. The highest BCUT2D eigenvalue weighted by molar-refractivity contribution is 9.10. The van der Waals surface area contributed by atoms with Gasteiger partial charge in [0.25, 0.3) is 0 Å². The first-order valence-electron chi connectivity index (χ1n) is 5.71. The van der Waals surface area contributed by atoms with E-state index in [9.17, 15) is 13.6 Å². The van der Waals surface area contributed by atoms with Gasteiger partial charge in [0.15, 0.2) is 0 Å². The number of carbonyl (C=O) groups is 1. The average Bonchev–Trinajstić information content (AvgIpc) is 3.13. The molecule has 0 aromatic heterocycles. The molecular formula is C12H13BrF2N2O. The molecule has 0 spiro atoms. The molecule has 0 atom stereocenters. The number of hydrogen-bond donors (Lipinski definition) is 2. The molecule has 1 saturated carbocycles. The molecule has 0 saturated heterocycles. The Labute approximate surface area is 112 Å². The van der Waals surface area contributed by atoms with Gasteiger partial charge < -0.3 is 10.6 Å². The molecule has 1 aromatic rings. The monoisotopic (exact) mass is 318 g/mol. The van der Waals surface area contributed by atoms with Gasteiger partial charge in [-0.15, -0.1) is 0 Å². The average molecular weight is 319 g/mol. The van der Waals surface area contributed by atoms with Crippen molar-refractivity contribution in [2.75, 3.05) is 18.4 Å².